The molecule has 2 aromatic carbocycles. The van der Waals surface area contributed by atoms with Crippen LogP contribution in [-0.4, -0.2) is 0 Å². The maximum Gasteiger partial charge on any atom is 0.216 e. The minimum Gasteiger partial charge on any atom is -0.456 e. The van der Waals surface area contributed by atoms with Crippen LogP contribution in [0.15, 0.2) is 47.0 Å². The van der Waals surface area contributed by atoms with Crippen molar-refractivity contribution < 1.29 is 8.98 Å². The predicted molar refractivity (Wildman–Crippen MR) is 110 cm³/mol. The highest BCUT2D eigenvalue weighted by Gasteiger charge is 2.24. The van der Waals surface area contributed by atoms with E-state index in [4.69, 9.17) is 11.0 Å². The number of pyridine rings is 1. The highest BCUT2D eigenvalue weighted by atomic mass is 16.3. The molecule has 4 rings (SSSR count). The monoisotopic (exact) mass is 355 g/mol. The third-order valence-electron chi connectivity index (χ3n) is 5.33. The zero-order valence-electron chi connectivity index (χ0n) is 16.4. The molecule has 2 heterocycles. The minimum absolute atomic E-state index is 0.219. The molecule has 0 fully saturated rings. The number of nitrogens with zero attached hydrogens (tertiary/aromatic N) is 2. The van der Waals surface area contributed by atoms with Gasteiger partial charge in [-0.25, -0.2) is 9.41 Å². The second-order valence-corrected chi connectivity index (χ2v) is 7.53. The summed E-state index contributed by atoms with van der Waals surface area (Å²) >= 11 is 0. The molecule has 0 spiro atoms. The lowest BCUT2D eigenvalue weighted by Gasteiger charge is -2.08. The Morgan fingerprint density at radius 1 is 1.04 bits per heavy atom. The highest BCUT2D eigenvalue weighted by Crippen LogP contribution is 2.43. The smallest absolute Gasteiger partial charge is 0.216 e. The summed E-state index contributed by atoms with van der Waals surface area (Å²) < 4.78 is 8.66. The molecule has 0 radical (unpaired) electrons. The second kappa shape index (κ2) is 6.25. The van der Waals surface area contributed by atoms with E-state index in [0.717, 1.165) is 38.8 Å². The van der Waals surface area contributed by atoms with E-state index in [0.29, 0.717) is 5.69 Å². The number of benzene rings is 2. The van der Waals surface area contributed by atoms with E-state index in [1.54, 1.807) is 0 Å². The second-order valence-electron chi connectivity index (χ2n) is 7.53. The van der Waals surface area contributed by atoms with Crippen LogP contribution in [0.2, 0.25) is 0 Å². The fourth-order valence-corrected chi connectivity index (χ4v) is 4.14. The van der Waals surface area contributed by atoms with Crippen LogP contribution in [0.5, 0.6) is 0 Å². The summed E-state index contributed by atoms with van der Waals surface area (Å²) in [5.41, 5.74) is 8.07. The quantitative estimate of drug-likeness (QED) is 0.302. The van der Waals surface area contributed by atoms with Crippen LogP contribution in [0, 0.1) is 20.4 Å². The van der Waals surface area contributed by atoms with Gasteiger partial charge in [-0.1, -0.05) is 32.0 Å². The average molecular weight is 355 g/mol. The van der Waals surface area contributed by atoms with Crippen molar-refractivity contribution in [1.82, 2.24) is 0 Å². The zero-order valence-corrected chi connectivity index (χ0v) is 16.4. The fourth-order valence-electron chi connectivity index (χ4n) is 4.14. The first-order chi connectivity index (χ1) is 12.9. The van der Waals surface area contributed by atoms with Crippen LogP contribution in [-0.2, 0) is 7.05 Å². The maximum atomic E-state index is 7.55. The number of aromatic nitrogens is 1. The van der Waals surface area contributed by atoms with E-state index in [2.05, 4.69) is 68.6 Å². The van der Waals surface area contributed by atoms with Gasteiger partial charge in [0.2, 0.25) is 5.69 Å². The lowest BCUT2D eigenvalue weighted by atomic mass is 9.94. The van der Waals surface area contributed by atoms with Gasteiger partial charge in [0.15, 0.2) is 11.9 Å². The SMILES string of the molecule is [C-]#[N+]c1ccc2c(oc3c(-c4cccc[n+]4C)c(C)cc(C)c32)c1C(C)C. The van der Waals surface area contributed by atoms with Crippen molar-refractivity contribution in [2.45, 2.75) is 33.6 Å². The van der Waals surface area contributed by atoms with E-state index in [9.17, 15) is 0 Å². The van der Waals surface area contributed by atoms with Gasteiger partial charge in [0.05, 0.1) is 12.1 Å². The van der Waals surface area contributed by atoms with Crippen molar-refractivity contribution in [2.24, 2.45) is 7.05 Å². The topological polar surface area (TPSA) is 21.4 Å². The molecule has 0 amide bonds. The molecule has 4 aromatic rings. The first-order valence-electron chi connectivity index (χ1n) is 9.25. The zero-order chi connectivity index (χ0) is 19.3. The molecule has 2 aromatic heterocycles. The van der Waals surface area contributed by atoms with E-state index in [1.165, 1.54) is 11.1 Å². The van der Waals surface area contributed by atoms with Gasteiger partial charge in [0.1, 0.15) is 18.2 Å². The van der Waals surface area contributed by atoms with Crippen molar-refractivity contribution in [3.63, 3.8) is 0 Å². The number of hydrogen-bond acceptors (Lipinski definition) is 1. The van der Waals surface area contributed by atoms with E-state index in [1.807, 2.05) is 18.2 Å². The summed E-state index contributed by atoms with van der Waals surface area (Å²) in [6.45, 7) is 16.1. The van der Waals surface area contributed by atoms with Gasteiger partial charge in [-0.3, -0.25) is 0 Å². The Morgan fingerprint density at radius 2 is 1.81 bits per heavy atom. The Balaban J connectivity index is 2.23. The number of rotatable bonds is 2. The third-order valence-corrected chi connectivity index (χ3v) is 5.33. The first-order valence-corrected chi connectivity index (χ1v) is 9.25. The van der Waals surface area contributed by atoms with Crippen molar-refractivity contribution in [2.75, 3.05) is 0 Å². The molecule has 3 heteroatoms. The Bertz CT molecular complexity index is 1240. The Hall–Kier alpha value is -3.12. The molecule has 0 atom stereocenters. The largest absolute Gasteiger partial charge is 0.456 e. The van der Waals surface area contributed by atoms with Gasteiger partial charge in [-0.05, 0) is 37.0 Å². The normalized spacial score (nSPS) is 11.4. The lowest BCUT2D eigenvalue weighted by Crippen LogP contribution is -2.30. The Morgan fingerprint density at radius 3 is 2.48 bits per heavy atom. The Kier molecular flexibility index (Phi) is 4.00. The van der Waals surface area contributed by atoms with Crippen LogP contribution >= 0.6 is 0 Å². The predicted octanol–water partition coefficient (Wildman–Crippen LogP) is 6.37. The standard InChI is InChI=1S/C24H23N2O/c1-14(2)20-18(25-5)11-10-17-21-15(3)13-16(4)22(24(21)27-23(17)20)19-9-7-8-12-26(19)6/h7-14H,1-4,6H3/q+1. The molecule has 3 nitrogen and oxygen atoms in total. The number of aryl methyl sites for hydroxylation is 3. The maximum absolute atomic E-state index is 7.55. The van der Waals surface area contributed by atoms with Gasteiger partial charge >= 0.3 is 0 Å². The van der Waals surface area contributed by atoms with Crippen LogP contribution < -0.4 is 4.57 Å². The summed E-state index contributed by atoms with van der Waals surface area (Å²) in [5.74, 6) is 0.219. The van der Waals surface area contributed by atoms with Crippen LogP contribution in [0.1, 0.15) is 36.5 Å². The van der Waals surface area contributed by atoms with Crippen molar-refractivity contribution in [1.29, 1.82) is 0 Å². The van der Waals surface area contributed by atoms with Crippen LogP contribution in [0.4, 0.5) is 5.69 Å². The number of hydrogen-bond donors (Lipinski definition) is 0. The summed E-state index contributed by atoms with van der Waals surface area (Å²) in [7, 11) is 2.06. The molecular weight excluding hydrogens is 332 g/mol. The molecule has 0 unspecified atom stereocenters. The summed E-state index contributed by atoms with van der Waals surface area (Å²) in [6.07, 6.45) is 2.06. The summed E-state index contributed by atoms with van der Waals surface area (Å²) in [4.78, 5) is 3.73. The molecular formula is C24H23N2O+. The van der Waals surface area contributed by atoms with Crippen molar-refractivity contribution in [3.8, 4) is 11.3 Å². The molecule has 0 aliphatic rings. The molecule has 0 saturated carbocycles. The molecule has 0 saturated heterocycles. The van der Waals surface area contributed by atoms with E-state index in [-0.39, 0.29) is 5.92 Å². The van der Waals surface area contributed by atoms with Crippen molar-refractivity contribution in [3.05, 3.63) is 70.7 Å². The number of furan rings is 1. The van der Waals surface area contributed by atoms with E-state index >= 15 is 0 Å². The van der Waals surface area contributed by atoms with Crippen LogP contribution in [0.3, 0.4) is 0 Å². The molecule has 0 N–H and O–H groups in total. The molecule has 0 aliphatic carbocycles. The third kappa shape index (κ3) is 2.52. The lowest BCUT2D eigenvalue weighted by molar-refractivity contribution is -0.660. The van der Waals surface area contributed by atoms with Gasteiger partial charge < -0.3 is 4.42 Å². The molecule has 27 heavy (non-hydrogen) atoms. The van der Waals surface area contributed by atoms with Crippen LogP contribution in [0.25, 0.3) is 38.0 Å². The Labute approximate surface area is 159 Å². The van der Waals surface area contributed by atoms with Gasteiger partial charge in [0, 0.05) is 28.5 Å². The minimum atomic E-state index is 0.219. The molecule has 0 bridgehead atoms. The number of fused-ring (bicyclic) bond motifs is 3. The molecule has 134 valence electrons. The van der Waals surface area contributed by atoms with Gasteiger partial charge in [-0.2, -0.15) is 0 Å². The first kappa shape index (κ1) is 17.3. The summed E-state index contributed by atoms with van der Waals surface area (Å²) in [6, 6.07) is 12.4. The fraction of sp³-hybridized carbons (Fsp3) is 0.250. The summed E-state index contributed by atoms with van der Waals surface area (Å²) in [5, 5.41) is 2.24. The molecule has 0 aliphatic heterocycles. The van der Waals surface area contributed by atoms with Gasteiger partial charge in [0.25, 0.3) is 0 Å². The van der Waals surface area contributed by atoms with Gasteiger partial charge in [-0.15, -0.1) is 0 Å². The highest BCUT2D eigenvalue weighted by molar-refractivity contribution is 6.13. The average Bonchev–Trinajstić information content (AvgIpc) is 3.01. The van der Waals surface area contributed by atoms with Crippen molar-refractivity contribution >= 4 is 27.6 Å². The van der Waals surface area contributed by atoms with E-state index < -0.39 is 0 Å².